The van der Waals surface area contributed by atoms with Crippen LogP contribution in [0.1, 0.15) is 38.5 Å². The molecule has 6 nitrogen and oxygen atoms in total. The summed E-state index contributed by atoms with van der Waals surface area (Å²) < 4.78 is 0. The number of imide groups is 1. The van der Waals surface area contributed by atoms with Crippen LogP contribution in [-0.4, -0.2) is 41.1 Å². The zero-order valence-electron chi connectivity index (χ0n) is 14.3. The summed E-state index contributed by atoms with van der Waals surface area (Å²) in [7, 11) is 0. The first-order chi connectivity index (χ1) is 12.1. The first kappa shape index (κ1) is 17.8. The van der Waals surface area contributed by atoms with Gasteiger partial charge >= 0.3 is 6.03 Å². The molecule has 1 aliphatic heterocycles. The molecule has 134 valence electrons. The molecule has 2 aliphatic rings. The van der Waals surface area contributed by atoms with Gasteiger partial charge in [-0.1, -0.05) is 37.8 Å². The summed E-state index contributed by atoms with van der Waals surface area (Å²) in [5.41, 5.74) is -0.110. The number of nitrogens with zero attached hydrogens (tertiary/aromatic N) is 1. The molecule has 2 fully saturated rings. The van der Waals surface area contributed by atoms with E-state index in [0.717, 1.165) is 35.5 Å². The monoisotopic (exact) mass is 361 g/mol. The van der Waals surface area contributed by atoms with Gasteiger partial charge < -0.3 is 10.6 Å². The van der Waals surface area contributed by atoms with Crippen molar-refractivity contribution in [1.29, 1.82) is 0 Å². The van der Waals surface area contributed by atoms with Crippen molar-refractivity contribution >= 4 is 35.3 Å². The fraction of sp³-hybridized carbons (Fsp3) is 0.500. The van der Waals surface area contributed by atoms with Crippen LogP contribution in [0.5, 0.6) is 0 Å². The Morgan fingerprint density at radius 1 is 1.20 bits per heavy atom. The Morgan fingerprint density at radius 2 is 1.88 bits per heavy atom. The minimum Gasteiger partial charge on any atom is -0.324 e. The molecular weight excluding hydrogens is 338 g/mol. The van der Waals surface area contributed by atoms with E-state index >= 15 is 0 Å². The van der Waals surface area contributed by atoms with E-state index < -0.39 is 11.6 Å². The van der Waals surface area contributed by atoms with Crippen molar-refractivity contribution < 1.29 is 14.4 Å². The van der Waals surface area contributed by atoms with Crippen molar-refractivity contribution in [2.24, 2.45) is 0 Å². The van der Waals surface area contributed by atoms with Crippen LogP contribution >= 0.6 is 11.8 Å². The van der Waals surface area contributed by atoms with Gasteiger partial charge in [-0.05, 0) is 31.2 Å². The molecule has 1 heterocycles. The molecule has 1 aliphatic carbocycles. The molecule has 1 aromatic rings. The van der Waals surface area contributed by atoms with Gasteiger partial charge in [0, 0.05) is 4.90 Å². The van der Waals surface area contributed by atoms with Crippen molar-refractivity contribution in [2.45, 2.75) is 49.0 Å². The standard InChI is InChI=1S/C18H23N3O3S/c1-25-14-9-5-4-8-13(14)19-15(22)12-21-16(23)18(20-17(21)24)10-6-2-3-7-11-18/h4-5,8-9H,2-3,6-7,10-12H2,1H3,(H,19,22)(H,20,24). The van der Waals surface area contributed by atoms with Crippen LogP contribution in [0.15, 0.2) is 29.2 Å². The zero-order valence-corrected chi connectivity index (χ0v) is 15.2. The summed E-state index contributed by atoms with van der Waals surface area (Å²) in [6, 6.07) is 7.00. The molecule has 1 saturated heterocycles. The molecule has 1 saturated carbocycles. The van der Waals surface area contributed by atoms with Crippen LogP contribution in [0.4, 0.5) is 10.5 Å². The van der Waals surface area contributed by atoms with Gasteiger partial charge in [0.25, 0.3) is 5.91 Å². The van der Waals surface area contributed by atoms with Crippen LogP contribution in [0, 0.1) is 0 Å². The lowest BCUT2D eigenvalue weighted by Crippen LogP contribution is -2.47. The maximum absolute atomic E-state index is 12.8. The molecule has 0 aromatic heterocycles. The Morgan fingerprint density at radius 3 is 2.56 bits per heavy atom. The molecule has 4 amide bonds. The summed E-state index contributed by atoms with van der Waals surface area (Å²) in [6.45, 7) is -0.255. The van der Waals surface area contributed by atoms with Crippen molar-refractivity contribution in [3.8, 4) is 0 Å². The number of urea groups is 1. The first-order valence-electron chi connectivity index (χ1n) is 8.63. The quantitative estimate of drug-likeness (QED) is 0.638. The lowest BCUT2D eigenvalue weighted by atomic mass is 9.90. The molecular formula is C18H23N3O3S. The maximum Gasteiger partial charge on any atom is 0.325 e. The summed E-state index contributed by atoms with van der Waals surface area (Å²) in [5, 5.41) is 5.65. The van der Waals surface area contributed by atoms with E-state index in [1.807, 2.05) is 30.5 Å². The molecule has 1 aromatic carbocycles. The lowest BCUT2D eigenvalue weighted by Gasteiger charge is -2.24. The molecule has 0 atom stereocenters. The van der Waals surface area contributed by atoms with Gasteiger partial charge in [0.1, 0.15) is 12.1 Å². The number of amides is 4. The number of rotatable bonds is 4. The van der Waals surface area contributed by atoms with Gasteiger partial charge in [-0.2, -0.15) is 0 Å². The van der Waals surface area contributed by atoms with E-state index in [-0.39, 0.29) is 18.4 Å². The second-order valence-corrected chi connectivity index (χ2v) is 7.41. The third-order valence-electron chi connectivity index (χ3n) is 4.89. The number of hydrogen-bond acceptors (Lipinski definition) is 4. The molecule has 0 unspecified atom stereocenters. The van der Waals surface area contributed by atoms with Crippen molar-refractivity contribution in [2.75, 3.05) is 18.1 Å². The van der Waals surface area contributed by atoms with E-state index in [1.165, 1.54) is 11.8 Å². The molecule has 0 radical (unpaired) electrons. The topological polar surface area (TPSA) is 78.5 Å². The Labute approximate surface area is 151 Å². The predicted octanol–water partition coefficient (Wildman–Crippen LogP) is 2.99. The van der Waals surface area contributed by atoms with Crippen LogP contribution < -0.4 is 10.6 Å². The number of para-hydroxylation sites is 1. The SMILES string of the molecule is CSc1ccccc1NC(=O)CN1C(=O)NC2(CCCCCC2)C1=O. The number of carbonyl (C=O) groups excluding carboxylic acids is 3. The van der Waals surface area contributed by atoms with Gasteiger partial charge in [0.15, 0.2) is 0 Å². The number of carbonyl (C=O) groups is 3. The zero-order chi connectivity index (χ0) is 17.9. The fourth-order valence-electron chi connectivity index (χ4n) is 3.57. The Bertz CT molecular complexity index is 684. The third kappa shape index (κ3) is 3.66. The second kappa shape index (κ2) is 7.47. The highest BCUT2D eigenvalue weighted by Crippen LogP contribution is 2.32. The third-order valence-corrected chi connectivity index (χ3v) is 5.68. The largest absolute Gasteiger partial charge is 0.325 e. The van der Waals surface area contributed by atoms with E-state index in [9.17, 15) is 14.4 Å². The number of hydrogen-bond donors (Lipinski definition) is 2. The van der Waals surface area contributed by atoms with Crippen LogP contribution in [-0.2, 0) is 9.59 Å². The van der Waals surface area contributed by atoms with Gasteiger partial charge in [-0.25, -0.2) is 4.79 Å². The van der Waals surface area contributed by atoms with E-state index in [2.05, 4.69) is 10.6 Å². The normalized spacial score (nSPS) is 19.6. The number of anilines is 1. The Balaban J connectivity index is 1.69. The summed E-state index contributed by atoms with van der Waals surface area (Å²) in [4.78, 5) is 39.5. The second-order valence-electron chi connectivity index (χ2n) is 6.57. The summed E-state index contributed by atoms with van der Waals surface area (Å²) in [6.07, 6.45) is 7.25. The number of nitrogens with one attached hydrogen (secondary N) is 2. The van der Waals surface area contributed by atoms with Crippen molar-refractivity contribution in [1.82, 2.24) is 10.2 Å². The molecule has 0 bridgehead atoms. The fourth-order valence-corrected chi connectivity index (χ4v) is 4.13. The summed E-state index contributed by atoms with van der Waals surface area (Å²) in [5.74, 6) is -0.622. The van der Waals surface area contributed by atoms with E-state index in [0.29, 0.717) is 18.5 Å². The average Bonchev–Trinajstić information content (AvgIpc) is 2.77. The molecule has 1 spiro atoms. The van der Waals surface area contributed by atoms with Crippen LogP contribution in [0.2, 0.25) is 0 Å². The first-order valence-corrected chi connectivity index (χ1v) is 9.85. The highest BCUT2D eigenvalue weighted by Gasteiger charge is 2.51. The van der Waals surface area contributed by atoms with E-state index in [4.69, 9.17) is 0 Å². The van der Waals surface area contributed by atoms with Gasteiger partial charge in [0.2, 0.25) is 5.91 Å². The van der Waals surface area contributed by atoms with E-state index in [1.54, 1.807) is 0 Å². The minimum absolute atomic E-state index is 0.255. The van der Waals surface area contributed by atoms with Gasteiger partial charge in [-0.15, -0.1) is 11.8 Å². The minimum atomic E-state index is -0.801. The predicted molar refractivity (Wildman–Crippen MR) is 97.5 cm³/mol. The van der Waals surface area contributed by atoms with Crippen molar-refractivity contribution in [3.05, 3.63) is 24.3 Å². The molecule has 7 heteroatoms. The van der Waals surface area contributed by atoms with Crippen LogP contribution in [0.3, 0.4) is 0 Å². The average molecular weight is 361 g/mol. The highest BCUT2D eigenvalue weighted by molar-refractivity contribution is 7.98. The number of benzene rings is 1. The smallest absolute Gasteiger partial charge is 0.324 e. The summed E-state index contributed by atoms with van der Waals surface area (Å²) >= 11 is 1.53. The molecule has 2 N–H and O–H groups in total. The van der Waals surface area contributed by atoms with Gasteiger partial charge in [0.05, 0.1) is 5.69 Å². The van der Waals surface area contributed by atoms with Crippen LogP contribution in [0.25, 0.3) is 0 Å². The molecule has 3 rings (SSSR count). The lowest BCUT2D eigenvalue weighted by molar-refractivity contribution is -0.134. The van der Waals surface area contributed by atoms with Crippen molar-refractivity contribution in [3.63, 3.8) is 0 Å². The highest BCUT2D eigenvalue weighted by atomic mass is 32.2. The Kier molecular flexibility index (Phi) is 5.32. The number of thioether (sulfide) groups is 1. The maximum atomic E-state index is 12.8. The Hall–Kier alpha value is -2.02. The van der Waals surface area contributed by atoms with Gasteiger partial charge in [-0.3, -0.25) is 14.5 Å². The molecule has 25 heavy (non-hydrogen) atoms.